The van der Waals surface area contributed by atoms with Crippen molar-refractivity contribution in [1.29, 1.82) is 0 Å². The molecule has 0 fully saturated rings. The zero-order chi connectivity index (χ0) is 15.9. The SMILES string of the molecule is Cc1ccc(C(=O)N2c3ccccc3CC2C(=O)O)cc1O. The van der Waals surface area contributed by atoms with Gasteiger partial charge in [0.05, 0.1) is 0 Å². The predicted molar refractivity (Wildman–Crippen MR) is 81.2 cm³/mol. The minimum Gasteiger partial charge on any atom is -0.508 e. The fraction of sp³-hybridized carbons (Fsp3) is 0.176. The molecule has 112 valence electrons. The van der Waals surface area contributed by atoms with E-state index in [4.69, 9.17) is 0 Å². The predicted octanol–water partition coefficient (Wildman–Crippen LogP) is 2.36. The number of aromatic hydroxyl groups is 1. The number of nitrogens with zero attached hydrogens (tertiary/aromatic N) is 1. The van der Waals surface area contributed by atoms with E-state index in [0.29, 0.717) is 11.3 Å². The summed E-state index contributed by atoms with van der Waals surface area (Å²) < 4.78 is 0. The van der Waals surface area contributed by atoms with Crippen molar-refractivity contribution in [3.05, 3.63) is 59.2 Å². The Morgan fingerprint density at radius 3 is 2.59 bits per heavy atom. The molecular weight excluding hydrogens is 282 g/mol. The summed E-state index contributed by atoms with van der Waals surface area (Å²) in [6.07, 6.45) is 0.287. The molecule has 0 saturated heterocycles. The Hall–Kier alpha value is -2.82. The molecule has 1 atom stereocenters. The molecule has 0 aliphatic carbocycles. The lowest BCUT2D eigenvalue weighted by Gasteiger charge is -2.23. The molecule has 22 heavy (non-hydrogen) atoms. The topological polar surface area (TPSA) is 77.8 Å². The van der Waals surface area contributed by atoms with E-state index in [2.05, 4.69) is 0 Å². The lowest BCUT2D eigenvalue weighted by molar-refractivity contribution is -0.138. The number of hydrogen-bond acceptors (Lipinski definition) is 3. The highest BCUT2D eigenvalue weighted by Gasteiger charge is 2.38. The first-order valence-corrected chi connectivity index (χ1v) is 6.93. The van der Waals surface area contributed by atoms with Gasteiger partial charge in [0.2, 0.25) is 0 Å². The van der Waals surface area contributed by atoms with Gasteiger partial charge in [0.15, 0.2) is 0 Å². The van der Waals surface area contributed by atoms with Gasteiger partial charge in [-0.25, -0.2) is 4.79 Å². The van der Waals surface area contributed by atoms with Gasteiger partial charge >= 0.3 is 5.97 Å². The van der Waals surface area contributed by atoms with Crippen molar-refractivity contribution in [2.45, 2.75) is 19.4 Å². The van der Waals surface area contributed by atoms with Crippen LogP contribution in [0.4, 0.5) is 5.69 Å². The summed E-state index contributed by atoms with van der Waals surface area (Å²) in [7, 11) is 0. The Morgan fingerprint density at radius 1 is 1.18 bits per heavy atom. The van der Waals surface area contributed by atoms with E-state index in [0.717, 1.165) is 5.56 Å². The van der Waals surface area contributed by atoms with Gasteiger partial charge in [0.1, 0.15) is 11.8 Å². The Kier molecular flexibility index (Phi) is 3.33. The number of hydrogen-bond donors (Lipinski definition) is 2. The summed E-state index contributed by atoms with van der Waals surface area (Å²) >= 11 is 0. The molecule has 0 aromatic heterocycles. The van der Waals surface area contributed by atoms with Crippen LogP contribution in [-0.2, 0) is 11.2 Å². The Morgan fingerprint density at radius 2 is 1.91 bits per heavy atom. The van der Waals surface area contributed by atoms with Gasteiger partial charge in [-0.1, -0.05) is 24.3 Å². The number of carboxylic acid groups (broad SMARTS) is 1. The number of fused-ring (bicyclic) bond motifs is 1. The highest BCUT2D eigenvalue weighted by Crippen LogP contribution is 2.34. The minimum atomic E-state index is -1.04. The maximum Gasteiger partial charge on any atom is 0.327 e. The number of carboxylic acids is 1. The summed E-state index contributed by atoms with van der Waals surface area (Å²) in [4.78, 5) is 25.5. The number of para-hydroxylation sites is 1. The van der Waals surface area contributed by atoms with Crippen LogP contribution in [-0.4, -0.2) is 28.1 Å². The molecule has 0 bridgehead atoms. The number of phenolic OH excluding ortho intramolecular Hbond substituents is 1. The van der Waals surface area contributed by atoms with Crippen LogP contribution in [0.25, 0.3) is 0 Å². The summed E-state index contributed by atoms with van der Waals surface area (Å²) in [6, 6.07) is 10.8. The summed E-state index contributed by atoms with van der Waals surface area (Å²) in [5, 5.41) is 19.2. The van der Waals surface area contributed by atoms with Crippen LogP contribution in [0.15, 0.2) is 42.5 Å². The molecule has 1 heterocycles. The van der Waals surface area contributed by atoms with Crippen LogP contribution in [0.1, 0.15) is 21.5 Å². The molecule has 3 rings (SSSR count). The Balaban J connectivity index is 2.05. The van der Waals surface area contributed by atoms with Gasteiger partial charge < -0.3 is 10.2 Å². The Labute approximate surface area is 127 Å². The van der Waals surface area contributed by atoms with E-state index in [1.807, 2.05) is 12.1 Å². The third-order valence-electron chi connectivity index (χ3n) is 3.94. The van der Waals surface area contributed by atoms with E-state index in [9.17, 15) is 19.8 Å². The number of rotatable bonds is 2. The standard InChI is InChI=1S/C17H15NO4/c1-10-6-7-12(9-15(10)19)16(20)18-13-5-3-2-4-11(13)8-14(18)17(21)22/h2-7,9,14,19H,8H2,1H3,(H,21,22). The fourth-order valence-electron chi connectivity index (χ4n) is 2.72. The van der Waals surface area contributed by atoms with Crippen LogP contribution in [0.3, 0.4) is 0 Å². The van der Waals surface area contributed by atoms with Crippen molar-refractivity contribution in [2.75, 3.05) is 4.90 Å². The van der Waals surface area contributed by atoms with Crippen molar-refractivity contribution in [2.24, 2.45) is 0 Å². The van der Waals surface area contributed by atoms with Crippen LogP contribution >= 0.6 is 0 Å². The normalized spacial score (nSPS) is 16.4. The maximum atomic E-state index is 12.7. The van der Waals surface area contributed by atoms with Gasteiger partial charge in [-0.3, -0.25) is 9.69 Å². The molecule has 0 saturated carbocycles. The molecule has 1 unspecified atom stereocenters. The third kappa shape index (κ3) is 2.20. The first-order valence-electron chi connectivity index (χ1n) is 6.93. The summed E-state index contributed by atoms with van der Waals surface area (Å²) in [5.41, 5.74) is 2.37. The zero-order valence-corrected chi connectivity index (χ0v) is 12.0. The van der Waals surface area contributed by atoms with E-state index in [-0.39, 0.29) is 17.7 Å². The van der Waals surface area contributed by atoms with Gasteiger partial charge in [0.25, 0.3) is 5.91 Å². The molecule has 5 heteroatoms. The quantitative estimate of drug-likeness (QED) is 0.892. The monoisotopic (exact) mass is 297 g/mol. The van der Waals surface area contributed by atoms with Crippen molar-refractivity contribution in [3.8, 4) is 5.75 Å². The van der Waals surface area contributed by atoms with Crippen molar-refractivity contribution < 1.29 is 19.8 Å². The van der Waals surface area contributed by atoms with Crippen molar-refractivity contribution in [3.63, 3.8) is 0 Å². The number of aryl methyl sites for hydroxylation is 1. The molecule has 2 aromatic carbocycles. The number of phenols is 1. The molecular formula is C17H15NO4. The van der Waals surface area contributed by atoms with Crippen LogP contribution in [0.2, 0.25) is 0 Å². The van der Waals surface area contributed by atoms with Gasteiger partial charge in [0, 0.05) is 17.7 Å². The summed E-state index contributed by atoms with van der Waals surface area (Å²) in [5.74, 6) is -1.45. The second kappa shape index (κ2) is 5.18. The smallest absolute Gasteiger partial charge is 0.327 e. The van der Waals surface area contributed by atoms with Gasteiger partial charge in [-0.15, -0.1) is 0 Å². The number of carbonyl (C=O) groups excluding carboxylic acids is 1. The van der Waals surface area contributed by atoms with Crippen LogP contribution < -0.4 is 4.90 Å². The average Bonchev–Trinajstić information content (AvgIpc) is 2.89. The van der Waals surface area contributed by atoms with Gasteiger partial charge in [-0.2, -0.15) is 0 Å². The molecule has 2 N–H and O–H groups in total. The number of aliphatic carboxylic acids is 1. The molecule has 1 aliphatic heterocycles. The second-order valence-electron chi connectivity index (χ2n) is 5.36. The van der Waals surface area contributed by atoms with E-state index < -0.39 is 17.9 Å². The highest BCUT2D eigenvalue weighted by molar-refractivity contribution is 6.11. The number of carbonyl (C=O) groups is 2. The number of benzene rings is 2. The summed E-state index contributed by atoms with van der Waals surface area (Å²) in [6.45, 7) is 1.73. The molecule has 0 radical (unpaired) electrons. The van der Waals surface area contributed by atoms with Gasteiger partial charge in [-0.05, 0) is 36.2 Å². The molecule has 5 nitrogen and oxygen atoms in total. The lowest BCUT2D eigenvalue weighted by Crippen LogP contribution is -2.42. The zero-order valence-electron chi connectivity index (χ0n) is 12.0. The van der Waals surface area contributed by atoms with Crippen LogP contribution in [0.5, 0.6) is 5.75 Å². The first kappa shape index (κ1) is 14.1. The second-order valence-corrected chi connectivity index (χ2v) is 5.36. The lowest BCUT2D eigenvalue weighted by atomic mass is 10.1. The third-order valence-corrected chi connectivity index (χ3v) is 3.94. The largest absolute Gasteiger partial charge is 0.508 e. The molecule has 1 amide bonds. The number of amides is 1. The average molecular weight is 297 g/mol. The highest BCUT2D eigenvalue weighted by atomic mass is 16.4. The molecule has 0 spiro atoms. The maximum absolute atomic E-state index is 12.7. The van der Waals surface area contributed by atoms with Crippen LogP contribution in [0, 0.1) is 6.92 Å². The van der Waals surface area contributed by atoms with Crippen molar-refractivity contribution in [1.82, 2.24) is 0 Å². The van der Waals surface area contributed by atoms with E-state index in [1.165, 1.54) is 11.0 Å². The van der Waals surface area contributed by atoms with E-state index in [1.54, 1.807) is 31.2 Å². The van der Waals surface area contributed by atoms with Crippen molar-refractivity contribution >= 4 is 17.6 Å². The first-order chi connectivity index (χ1) is 10.5. The molecule has 2 aromatic rings. The molecule has 1 aliphatic rings. The fourth-order valence-corrected chi connectivity index (χ4v) is 2.72. The minimum absolute atomic E-state index is 0.0187. The van der Waals surface area contributed by atoms with E-state index >= 15 is 0 Å². The number of anilines is 1. The Bertz CT molecular complexity index is 769.